The first kappa shape index (κ1) is 14.0. The summed E-state index contributed by atoms with van der Waals surface area (Å²) in [5.74, 6) is 1.99. The van der Waals surface area contributed by atoms with Crippen LogP contribution in [0.15, 0.2) is 28.8 Å². The monoisotopic (exact) mass is 289 g/mol. The van der Waals surface area contributed by atoms with Crippen molar-refractivity contribution in [1.29, 1.82) is 0 Å². The quantitative estimate of drug-likeness (QED) is 0.857. The lowest BCUT2D eigenvalue weighted by Gasteiger charge is -2.29. The number of hydrogen-bond acceptors (Lipinski definition) is 6. The first-order valence-electron chi connectivity index (χ1n) is 7.05. The highest BCUT2D eigenvalue weighted by Gasteiger charge is 2.19. The number of rotatable bonds is 4. The Morgan fingerprint density at radius 2 is 2.33 bits per heavy atom. The number of morpholine rings is 1. The molecule has 0 saturated carbocycles. The van der Waals surface area contributed by atoms with Gasteiger partial charge in [-0.3, -0.25) is 4.90 Å². The SMILES string of the molecule is COc1cccc(-c2noc(CN3CCOC(C)C3)n2)c1. The van der Waals surface area contributed by atoms with E-state index in [1.807, 2.05) is 24.3 Å². The molecule has 0 bridgehead atoms. The smallest absolute Gasteiger partial charge is 0.241 e. The van der Waals surface area contributed by atoms with Crippen molar-refractivity contribution in [2.45, 2.75) is 19.6 Å². The Kier molecular flexibility index (Phi) is 4.17. The van der Waals surface area contributed by atoms with Gasteiger partial charge in [-0.2, -0.15) is 4.98 Å². The van der Waals surface area contributed by atoms with E-state index in [-0.39, 0.29) is 6.10 Å². The van der Waals surface area contributed by atoms with Crippen LogP contribution in [-0.4, -0.2) is 48.0 Å². The zero-order valence-corrected chi connectivity index (χ0v) is 12.3. The Hall–Kier alpha value is -1.92. The molecule has 2 heterocycles. The van der Waals surface area contributed by atoms with E-state index in [9.17, 15) is 0 Å². The fraction of sp³-hybridized carbons (Fsp3) is 0.467. The lowest BCUT2D eigenvalue weighted by atomic mass is 10.2. The minimum Gasteiger partial charge on any atom is -0.497 e. The van der Waals surface area contributed by atoms with Crippen molar-refractivity contribution in [3.63, 3.8) is 0 Å². The van der Waals surface area contributed by atoms with Crippen LogP contribution in [0.1, 0.15) is 12.8 Å². The predicted molar refractivity (Wildman–Crippen MR) is 77.0 cm³/mol. The van der Waals surface area contributed by atoms with Crippen LogP contribution in [0.3, 0.4) is 0 Å². The maximum atomic E-state index is 5.52. The fourth-order valence-electron chi connectivity index (χ4n) is 2.42. The molecule has 3 rings (SSSR count). The molecule has 0 radical (unpaired) electrons. The molecule has 21 heavy (non-hydrogen) atoms. The molecule has 1 saturated heterocycles. The summed E-state index contributed by atoms with van der Waals surface area (Å²) in [5.41, 5.74) is 0.889. The number of ether oxygens (including phenoxy) is 2. The van der Waals surface area contributed by atoms with Gasteiger partial charge in [0.15, 0.2) is 0 Å². The zero-order valence-electron chi connectivity index (χ0n) is 12.3. The molecule has 112 valence electrons. The van der Waals surface area contributed by atoms with Gasteiger partial charge in [-0.25, -0.2) is 0 Å². The molecule has 1 aromatic carbocycles. The third-order valence-electron chi connectivity index (χ3n) is 3.48. The number of benzene rings is 1. The summed E-state index contributed by atoms with van der Waals surface area (Å²) in [4.78, 5) is 6.72. The van der Waals surface area contributed by atoms with E-state index in [1.165, 1.54) is 0 Å². The lowest BCUT2D eigenvalue weighted by Crippen LogP contribution is -2.40. The molecule has 1 atom stereocenters. The Morgan fingerprint density at radius 1 is 1.43 bits per heavy atom. The lowest BCUT2D eigenvalue weighted by molar-refractivity contribution is -0.0240. The van der Waals surface area contributed by atoms with Crippen LogP contribution in [0.4, 0.5) is 0 Å². The van der Waals surface area contributed by atoms with Gasteiger partial charge in [-0.1, -0.05) is 17.3 Å². The van der Waals surface area contributed by atoms with Gasteiger partial charge in [0.2, 0.25) is 11.7 Å². The molecule has 0 spiro atoms. The van der Waals surface area contributed by atoms with Crippen molar-refractivity contribution in [3.05, 3.63) is 30.2 Å². The van der Waals surface area contributed by atoms with E-state index >= 15 is 0 Å². The third kappa shape index (κ3) is 3.40. The van der Waals surface area contributed by atoms with Gasteiger partial charge in [0.05, 0.1) is 26.4 Å². The topological polar surface area (TPSA) is 60.6 Å². The second kappa shape index (κ2) is 6.24. The number of aromatic nitrogens is 2. The van der Waals surface area contributed by atoms with Gasteiger partial charge in [0.25, 0.3) is 0 Å². The number of methoxy groups -OCH3 is 1. The first-order valence-corrected chi connectivity index (χ1v) is 7.05. The van der Waals surface area contributed by atoms with Gasteiger partial charge < -0.3 is 14.0 Å². The Morgan fingerprint density at radius 3 is 3.14 bits per heavy atom. The Bertz CT molecular complexity index is 599. The molecule has 0 aliphatic carbocycles. The summed E-state index contributed by atoms with van der Waals surface area (Å²) < 4.78 is 16.1. The summed E-state index contributed by atoms with van der Waals surface area (Å²) in [6, 6.07) is 7.63. The maximum Gasteiger partial charge on any atom is 0.241 e. The molecular weight excluding hydrogens is 270 g/mol. The van der Waals surface area contributed by atoms with Gasteiger partial charge in [-0.05, 0) is 19.1 Å². The van der Waals surface area contributed by atoms with Crippen molar-refractivity contribution < 1.29 is 14.0 Å². The van der Waals surface area contributed by atoms with E-state index in [4.69, 9.17) is 14.0 Å². The second-order valence-electron chi connectivity index (χ2n) is 5.16. The van der Waals surface area contributed by atoms with E-state index < -0.39 is 0 Å². The van der Waals surface area contributed by atoms with Crippen molar-refractivity contribution in [1.82, 2.24) is 15.0 Å². The molecule has 1 fully saturated rings. The molecule has 1 aliphatic heterocycles. The van der Waals surface area contributed by atoms with Crippen LogP contribution in [0.5, 0.6) is 5.75 Å². The molecule has 6 heteroatoms. The summed E-state index contributed by atoms with van der Waals surface area (Å²) in [5, 5.41) is 4.05. The minimum absolute atomic E-state index is 0.250. The van der Waals surface area contributed by atoms with Crippen molar-refractivity contribution in [2.24, 2.45) is 0 Å². The van der Waals surface area contributed by atoms with Crippen LogP contribution in [0, 0.1) is 0 Å². The molecule has 1 unspecified atom stereocenters. The zero-order chi connectivity index (χ0) is 14.7. The summed E-state index contributed by atoms with van der Waals surface area (Å²) >= 11 is 0. The first-order chi connectivity index (χ1) is 10.2. The van der Waals surface area contributed by atoms with E-state index in [0.717, 1.165) is 31.0 Å². The van der Waals surface area contributed by atoms with Crippen molar-refractivity contribution >= 4 is 0 Å². The molecule has 0 N–H and O–H groups in total. The average Bonchev–Trinajstić information content (AvgIpc) is 2.96. The highest BCUT2D eigenvalue weighted by molar-refractivity contribution is 5.56. The highest BCUT2D eigenvalue weighted by atomic mass is 16.5. The maximum absolute atomic E-state index is 5.52. The van der Waals surface area contributed by atoms with Crippen molar-refractivity contribution in [3.8, 4) is 17.1 Å². The summed E-state index contributed by atoms with van der Waals surface area (Å²) in [6.07, 6.45) is 0.250. The van der Waals surface area contributed by atoms with Crippen molar-refractivity contribution in [2.75, 3.05) is 26.8 Å². The summed E-state index contributed by atoms with van der Waals surface area (Å²) in [7, 11) is 1.64. The molecule has 0 amide bonds. The number of hydrogen-bond donors (Lipinski definition) is 0. The normalized spacial score (nSPS) is 19.6. The van der Waals surface area contributed by atoms with Crippen LogP contribution < -0.4 is 4.74 Å². The van der Waals surface area contributed by atoms with E-state index in [0.29, 0.717) is 18.3 Å². The fourth-order valence-corrected chi connectivity index (χ4v) is 2.42. The number of nitrogens with zero attached hydrogens (tertiary/aromatic N) is 3. The predicted octanol–water partition coefficient (Wildman–Crippen LogP) is 1.97. The van der Waals surface area contributed by atoms with E-state index in [1.54, 1.807) is 7.11 Å². The minimum atomic E-state index is 0.250. The standard InChI is InChI=1S/C15H19N3O3/c1-11-9-18(6-7-20-11)10-14-16-15(17-21-14)12-4-3-5-13(8-12)19-2/h3-5,8,11H,6-7,9-10H2,1-2H3. The molecule has 1 aliphatic rings. The summed E-state index contributed by atoms with van der Waals surface area (Å²) in [6.45, 7) is 5.25. The van der Waals surface area contributed by atoms with Crippen LogP contribution in [0.25, 0.3) is 11.4 Å². The van der Waals surface area contributed by atoms with Crippen LogP contribution in [0.2, 0.25) is 0 Å². The molecule has 2 aromatic rings. The molecule has 6 nitrogen and oxygen atoms in total. The highest BCUT2D eigenvalue weighted by Crippen LogP contribution is 2.21. The van der Waals surface area contributed by atoms with Gasteiger partial charge in [0.1, 0.15) is 5.75 Å². The Balaban J connectivity index is 1.70. The van der Waals surface area contributed by atoms with Gasteiger partial charge >= 0.3 is 0 Å². The van der Waals surface area contributed by atoms with Crippen LogP contribution >= 0.6 is 0 Å². The second-order valence-corrected chi connectivity index (χ2v) is 5.16. The van der Waals surface area contributed by atoms with Gasteiger partial charge in [-0.15, -0.1) is 0 Å². The third-order valence-corrected chi connectivity index (χ3v) is 3.48. The van der Waals surface area contributed by atoms with Crippen LogP contribution in [-0.2, 0) is 11.3 Å². The van der Waals surface area contributed by atoms with Gasteiger partial charge in [0, 0.05) is 18.7 Å². The van der Waals surface area contributed by atoms with E-state index in [2.05, 4.69) is 22.0 Å². The largest absolute Gasteiger partial charge is 0.497 e. The molecular formula is C15H19N3O3. The molecule has 1 aromatic heterocycles. The average molecular weight is 289 g/mol. The Labute approximate surface area is 123 Å².